The molecule has 0 bridgehead atoms. The molecule has 34 heavy (non-hydrogen) atoms. The summed E-state index contributed by atoms with van der Waals surface area (Å²) in [6, 6.07) is 5.91. The Balaban J connectivity index is 0.00000144. The molecule has 5 nitrogen and oxygen atoms in total. The molecule has 9 heteroatoms. The number of pyridine rings is 1. The number of nitrogens with zero attached hydrogens (tertiary/aromatic N) is 5. The third-order valence-corrected chi connectivity index (χ3v) is 5.54. The van der Waals surface area contributed by atoms with Crippen molar-refractivity contribution < 1.29 is 55.8 Å². The molecule has 0 saturated carbocycles. The van der Waals surface area contributed by atoms with Gasteiger partial charge in [0.25, 0.3) is 0 Å². The van der Waals surface area contributed by atoms with E-state index in [4.69, 9.17) is 25.0 Å². The molecule has 5 rings (SSSR count). The minimum Gasteiger partial charge on any atom is -1.00 e. The van der Waals surface area contributed by atoms with Crippen molar-refractivity contribution in [3.63, 3.8) is 0 Å². The summed E-state index contributed by atoms with van der Waals surface area (Å²) in [6.45, 7) is 4.38. The molecule has 0 N–H and O–H groups in total. The van der Waals surface area contributed by atoms with Crippen molar-refractivity contribution in [1.82, 2.24) is 4.98 Å². The summed E-state index contributed by atoms with van der Waals surface area (Å²) in [7, 11) is 0. The van der Waals surface area contributed by atoms with Gasteiger partial charge >= 0.3 is 0 Å². The van der Waals surface area contributed by atoms with Crippen LogP contribution in [0.4, 0.5) is 0 Å². The van der Waals surface area contributed by atoms with Gasteiger partial charge in [-0.1, -0.05) is 57.1 Å². The molecule has 0 saturated heterocycles. The molecule has 1 aromatic rings. The minimum atomic E-state index is 0. The van der Waals surface area contributed by atoms with Crippen LogP contribution in [0.3, 0.4) is 0 Å². The van der Waals surface area contributed by atoms with Gasteiger partial charge in [-0.3, -0.25) is 9.98 Å². The molecule has 4 aliphatic rings. The van der Waals surface area contributed by atoms with Crippen LogP contribution in [0.5, 0.6) is 0 Å². The van der Waals surface area contributed by atoms with Crippen LogP contribution in [0.2, 0.25) is 0 Å². The van der Waals surface area contributed by atoms with Crippen molar-refractivity contribution in [2.45, 2.75) is 51.6 Å². The van der Waals surface area contributed by atoms with Gasteiger partial charge in [-0.05, 0) is 48.3 Å². The molecule has 179 valence electrons. The molecule has 1 aromatic heterocycles. The maximum atomic E-state index is 4.80. The Bertz CT molecular complexity index is 1060. The second kappa shape index (κ2) is 13.4. The number of rotatable bonds is 6. The molecule has 0 amide bonds. The Morgan fingerprint density at radius 2 is 1.15 bits per heavy atom. The fraction of sp³-hybridized carbons (Fsp3) is 0.320. The predicted molar refractivity (Wildman–Crippen MR) is 124 cm³/mol. The molecule has 1 radical (unpaired) electrons. The summed E-state index contributed by atoms with van der Waals surface area (Å²) in [6.07, 6.45) is 17.3. The second-order valence-corrected chi connectivity index (χ2v) is 7.93. The topological polar surface area (TPSA) is 62.3 Å². The van der Waals surface area contributed by atoms with Gasteiger partial charge in [0.05, 0.1) is 11.4 Å². The number of allylic oxidation sites excluding steroid dienone is 4. The number of halogens is 3. The van der Waals surface area contributed by atoms with E-state index in [1.807, 2.05) is 18.2 Å². The first kappa shape index (κ1) is 30.3. The minimum absolute atomic E-state index is 0. The van der Waals surface area contributed by atoms with Crippen LogP contribution in [0.25, 0.3) is 0 Å². The van der Waals surface area contributed by atoms with Crippen LogP contribution in [0.15, 0.2) is 85.8 Å². The van der Waals surface area contributed by atoms with Gasteiger partial charge < -0.3 is 37.2 Å². The third kappa shape index (κ3) is 6.27. The van der Waals surface area contributed by atoms with E-state index in [0.717, 1.165) is 48.5 Å². The third-order valence-electron chi connectivity index (χ3n) is 5.54. The van der Waals surface area contributed by atoms with E-state index >= 15 is 0 Å². The van der Waals surface area contributed by atoms with Crippen molar-refractivity contribution >= 4 is 23.1 Å². The largest absolute Gasteiger partial charge is 1.00 e. The molecule has 0 aromatic carbocycles. The first-order valence-corrected chi connectivity index (χ1v) is 10.8. The summed E-state index contributed by atoms with van der Waals surface area (Å²) >= 11 is 0. The molecule has 0 spiro atoms. The first-order chi connectivity index (χ1) is 14.7. The zero-order valence-electron chi connectivity index (χ0n) is 19.0. The zero-order valence-corrected chi connectivity index (χ0v) is 22.7. The second-order valence-electron chi connectivity index (χ2n) is 7.93. The van der Waals surface area contributed by atoms with E-state index in [1.54, 1.807) is 0 Å². The van der Waals surface area contributed by atoms with Crippen molar-refractivity contribution in [1.29, 1.82) is 0 Å². The average Bonchev–Trinajstić information content (AvgIpc) is 3.38. The number of aromatic nitrogens is 1. The van der Waals surface area contributed by atoms with Crippen molar-refractivity contribution in [3.05, 3.63) is 77.2 Å². The summed E-state index contributed by atoms with van der Waals surface area (Å²) < 4.78 is 0. The smallest absolute Gasteiger partial charge is 0.174 e. The van der Waals surface area contributed by atoms with Gasteiger partial charge in [0, 0.05) is 18.6 Å². The summed E-state index contributed by atoms with van der Waals surface area (Å²) in [4.78, 5) is 23.9. The van der Waals surface area contributed by atoms with E-state index in [0.29, 0.717) is 11.7 Å². The van der Waals surface area contributed by atoms with Crippen LogP contribution in [0.1, 0.15) is 50.9 Å². The van der Waals surface area contributed by atoms with E-state index in [1.165, 1.54) is 11.1 Å². The van der Waals surface area contributed by atoms with Gasteiger partial charge in [0.2, 0.25) is 0 Å². The van der Waals surface area contributed by atoms with Crippen LogP contribution in [-0.4, -0.2) is 40.2 Å². The van der Waals surface area contributed by atoms with Gasteiger partial charge in [0.1, 0.15) is 23.5 Å². The molecule has 0 fully saturated rings. The van der Waals surface area contributed by atoms with Gasteiger partial charge in [-0.15, -0.1) is 0 Å². The monoisotopic (exact) mass is 551 g/mol. The van der Waals surface area contributed by atoms with Crippen LogP contribution < -0.4 is 37.2 Å². The average molecular weight is 553 g/mol. The summed E-state index contributed by atoms with van der Waals surface area (Å²) in [5.41, 5.74) is 6.17. The van der Waals surface area contributed by atoms with Crippen molar-refractivity contribution in [2.75, 3.05) is 0 Å². The van der Waals surface area contributed by atoms with Crippen molar-refractivity contribution in [2.24, 2.45) is 20.0 Å². The predicted octanol–water partition coefficient (Wildman–Crippen LogP) is -4.18. The number of fused-ring (bicyclic) bond motifs is 2. The first-order valence-electron chi connectivity index (χ1n) is 10.8. The molecular formula is C25H25Cl3N5V-3. The molecule has 2 atom stereocenters. The van der Waals surface area contributed by atoms with E-state index < -0.39 is 0 Å². The number of hydrogen-bond acceptors (Lipinski definition) is 5. The standard InChI is InChI=1S/C25H25N5.3ClH.V/c1-3-6-16-10-12-18-22(14-16)29-24(27-18)20-8-5-9-21(26-20)25-28-19-13-11-17(7-4-2)15-23(19)30-25;;;;/h5,8-15,18-19H,3-4,6-7H2,1-2H3;3*1H;/p-3. The van der Waals surface area contributed by atoms with E-state index in [-0.39, 0.29) is 67.9 Å². The Kier molecular flexibility index (Phi) is 11.9. The number of amidine groups is 2. The normalized spacial score (nSPS) is 21.0. The van der Waals surface area contributed by atoms with Crippen LogP contribution in [0, 0.1) is 0 Å². The maximum Gasteiger partial charge on any atom is 0.174 e. The Morgan fingerprint density at radius 1 is 0.706 bits per heavy atom. The van der Waals surface area contributed by atoms with E-state index in [9.17, 15) is 0 Å². The van der Waals surface area contributed by atoms with E-state index in [2.05, 4.69) is 50.3 Å². The summed E-state index contributed by atoms with van der Waals surface area (Å²) in [5, 5.41) is 0. The molecule has 2 unspecified atom stereocenters. The SMILES string of the molecule is CCCC1=CC2=NC(c3cccc(C4=NC5C=CC(CCC)=CC5=N4)n3)=NC2C=C1.[Cl-].[Cl-].[Cl-].[V]. The van der Waals surface area contributed by atoms with Crippen LogP contribution in [-0.2, 0) is 18.6 Å². The fourth-order valence-electron chi connectivity index (χ4n) is 4.07. The summed E-state index contributed by atoms with van der Waals surface area (Å²) in [5.74, 6) is 1.37. The van der Waals surface area contributed by atoms with Gasteiger partial charge in [0.15, 0.2) is 11.7 Å². The Hall–Kier alpha value is -1.76. The molecule has 2 aliphatic carbocycles. The van der Waals surface area contributed by atoms with Crippen molar-refractivity contribution in [3.8, 4) is 0 Å². The number of hydrogen-bond donors (Lipinski definition) is 0. The Morgan fingerprint density at radius 3 is 1.56 bits per heavy atom. The maximum absolute atomic E-state index is 4.80. The molecular weight excluding hydrogens is 528 g/mol. The molecule has 2 aliphatic heterocycles. The fourth-order valence-corrected chi connectivity index (χ4v) is 4.07. The quantitative estimate of drug-likeness (QED) is 0.353. The zero-order chi connectivity index (χ0) is 20.5. The molecule has 3 heterocycles. The number of aliphatic imine (C=N–C) groups is 4. The Labute approximate surface area is 231 Å². The van der Waals surface area contributed by atoms with Gasteiger partial charge in [-0.2, -0.15) is 0 Å². The van der Waals surface area contributed by atoms with Crippen LogP contribution >= 0.6 is 0 Å². The van der Waals surface area contributed by atoms with Gasteiger partial charge in [-0.25, -0.2) is 15.0 Å².